The first kappa shape index (κ1) is 13.4. The third-order valence-corrected chi connectivity index (χ3v) is 2.63. The van der Waals surface area contributed by atoms with Crippen LogP contribution in [0.5, 0.6) is 0 Å². The molecule has 0 saturated heterocycles. The summed E-state index contributed by atoms with van der Waals surface area (Å²) in [5.41, 5.74) is 0.0122. The highest BCUT2D eigenvalue weighted by atomic mass is 16.4. The van der Waals surface area contributed by atoms with Crippen LogP contribution in [-0.4, -0.2) is 45.9 Å². The van der Waals surface area contributed by atoms with Gasteiger partial charge >= 0.3 is 0 Å². The van der Waals surface area contributed by atoms with Crippen molar-refractivity contribution in [2.45, 2.75) is 26.3 Å². The van der Waals surface area contributed by atoms with Gasteiger partial charge in [-0.05, 0) is 27.8 Å². The molecule has 0 bridgehead atoms. The first-order valence-electron chi connectivity index (χ1n) is 4.41. The van der Waals surface area contributed by atoms with Gasteiger partial charge in [0.15, 0.2) is 5.71 Å². The van der Waals surface area contributed by atoms with Gasteiger partial charge in [0, 0.05) is 0 Å². The average Bonchev–Trinajstić information content (AvgIpc) is 2.23. The Hall–Kier alpha value is -1.61. The van der Waals surface area contributed by atoms with Gasteiger partial charge in [0.1, 0.15) is 6.07 Å². The predicted molar refractivity (Wildman–Crippen MR) is 56.4 cm³/mol. The minimum Gasteiger partial charge on any atom is -0.411 e. The summed E-state index contributed by atoms with van der Waals surface area (Å²) in [6.45, 7) is 5.55. The van der Waals surface area contributed by atoms with E-state index in [4.69, 9.17) is 15.7 Å². The van der Waals surface area contributed by atoms with Crippen LogP contribution in [0.3, 0.4) is 0 Å². The summed E-state index contributed by atoms with van der Waals surface area (Å²) in [6.07, 6.45) is 0. The number of nitrogens with zero attached hydrogens (tertiary/aromatic N) is 4. The summed E-state index contributed by atoms with van der Waals surface area (Å²) in [7, 11) is 1.75. The SMILES string of the molecule is CC(=NO)C(C)(C)N(C)CC(C#N)=NO. The van der Waals surface area contributed by atoms with E-state index in [2.05, 4.69) is 10.3 Å². The molecule has 0 unspecified atom stereocenters. The predicted octanol–water partition coefficient (Wildman–Crippen LogP) is 0.901. The maximum absolute atomic E-state index is 8.68. The van der Waals surface area contributed by atoms with E-state index in [-0.39, 0.29) is 12.3 Å². The molecule has 0 amide bonds. The Labute approximate surface area is 89.1 Å². The van der Waals surface area contributed by atoms with E-state index in [0.717, 1.165) is 0 Å². The van der Waals surface area contributed by atoms with Crippen molar-refractivity contribution in [3.63, 3.8) is 0 Å². The molecule has 0 aliphatic heterocycles. The Bertz CT molecular complexity index is 315. The van der Waals surface area contributed by atoms with Crippen LogP contribution in [0, 0.1) is 11.3 Å². The minimum absolute atomic E-state index is 0.0105. The highest BCUT2D eigenvalue weighted by molar-refractivity contribution is 6.00. The van der Waals surface area contributed by atoms with Crippen LogP contribution in [0.2, 0.25) is 0 Å². The second-order valence-electron chi connectivity index (χ2n) is 3.76. The van der Waals surface area contributed by atoms with Crippen LogP contribution in [0.1, 0.15) is 20.8 Å². The highest BCUT2D eigenvalue weighted by Gasteiger charge is 2.28. The topological polar surface area (TPSA) is 92.2 Å². The van der Waals surface area contributed by atoms with E-state index in [1.807, 2.05) is 13.8 Å². The van der Waals surface area contributed by atoms with Crippen molar-refractivity contribution < 1.29 is 10.4 Å². The van der Waals surface area contributed by atoms with E-state index in [0.29, 0.717) is 5.71 Å². The summed E-state index contributed by atoms with van der Waals surface area (Å²) < 4.78 is 0. The van der Waals surface area contributed by atoms with Gasteiger partial charge in [-0.1, -0.05) is 10.3 Å². The summed E-state index contributed by atoms with van der Waals surface area (Å²) in [5, 5.41) is 31.8. The molecule has 0 spiro atoms. The van der Waals surface area contributed by atoms with Gasteiger partial charge in [0.2, 0.25) is 0 Å². The number of rotatable bonds is 4. The molecule has 0 atom stereocenters. The van der Waals surface area contributed by atoms with Crippen molar-refractivity contribution in [3.05, 3.63) is 0 Å². The van der Waals surface area contributed by atoms with E-state index >= 15 is 0 Å². The molecule has 84 valence electrons. The van der Waals surface area contributed by atoms with Crippen molar-refractivity contribution in [1.82, 2.24) is 4.90 Å². The van der Waals surface area contributed by atoms with E-state index in [9.17, 15) is 0 Å². The molecule has 0 heterocycles. The molecule has 0 saturated carbocycles. The van der Waals surface area contributed by atoms with Gasteiger partial charge in [-0.25, -0.2) is 0 Å². The zero-order chi connectivity index (χ0) is 12.1. The largest absolute Gasteiger partial charge is 0.411 e. The third kappa shape index (κ3) is 3.22. The van der Waals surface area contributed by atoms with Gasteiger partial charge in [-0.2, -0.15) is 5.26 Å². The fourth-order valence-electron chi connectivity index (χ4n) is 0.910. The molecule has 0 radical (unpaired) electrons. The monoisotopic (exact) mass is 212 g/mol. The molecule has 0 aliphatic carbocycles. The summed E-state index contributed by atoms with van der Waals surface area (Å²) >= 11 is 0. The molecule has 0 aromatic heterocycles. The number of hydrogen-bond donors (Lipinski definition) is 2. The standard InChI is InChI=1S/C9H16N4O2/c1-7(11-14)9(2,3)13(4)6-8(5-10)12-15/h14-15H,6H2,1-4H3. The van der Waals surface area contributed by atoms with Crippen molar-refractivity contribution in [2.75, 3.05) is 13.6 Å². The molecular weight excluding hydrogens is 196 g/mol. The molecule has 0 aromatic rings. The van der Waals surface area contributed by atoms with Crippen LogP contribution < -0.4 is 0 Å². The molecular formula is C9H16N4O2. The molecule has 6 nitrogen and oxygen atoms in total. The maximum Gasteiger partial charge on any atom is 0.170 e. The van der Waals surface area contributed by atoms with E-state index in [1.165, 1.54) is 0 Å². The quantitative estimate of drug-likeness (QED) is 0.411. The lowest BCUT2D eigenvalue weighted by Crippen LogP contribution is -2.48. The Balaban J connectivity index is 4.73. The minimum atomic E-state index is -0.512. The first-order valence-corrected chi connectivity index (χ1v) is 4.41. The lowest BCUT2D eigenvalue weighted by Gasteiger charge is -2.34. The lowest BCUT2D eigenvalue weighted by molar-refractivity contribution is 0.235. The van der Waals surface area contributed by atoms with Crippen molar-refractivity contribution in [2.24, 2.45) is 10.3 Å². The number of oxime groups is 2. The Morgan fingerprint density at radius 3 is 2.27 bits per heavy atom. The zero-order valence-corrected chi connectivity index (χ0v) is 9.39. The Morgan fingerprint density at radius 1 is 1.40 bits per heavy atom. The molecule has 0 rings (SSSR count). The average molecular weight is 212 g/mol. The molecule has 0 aliphatic rings. The van der Waals surface area contributed by atoms with Gasteiger partial charge in [-0.3, -0.25) is 4.90 Å². The summed E-state index contributed by atoms with van der Waals surface area (Å²) in [5.74, 6) is 0. The maximum atomic E-state index is 8.68. The van der Waals surface area contributed by atoms with Gasteiger partial charge in [0.05, 0.1) is 17.8 Å². The van der Waals surface area contributed by atoms with Crippen LogP contribution in [-0.2, 0) is 0 Å². The van der Waals surface area contributed by atoms with Gasteiger partial charge in [0.25, 0.3) is 0 Å². The zero-order valence-electron chi connectivity index (χ0n) is 9.39. The fourth-order valence-corrected chi connectivity index (χ4v) is 0.910. The van der Waals surface area contributed by atoms with Crippen molar-refractivity contribution >= 4 is 11.4 Å². The molecule has 6 heteroatoms. The second kappa shape index (κ2) is 5.32. The summed E-state index contributed by atoms with van der Waals surface area (Å²) in [6, 6.07) is 1.77. The van der Waals surface area contributed by atoms with Gasteiger partial charge < -0.3 is 10.4 Å². The molecule has 0 fully saturated rings. The second-order valence-corrected chi connectivity index (χ2v) is 3.76. The molecule has 0 aromatic carbocycles. The smallest absolute Gasteiger partial charge is 0.170 e. The van der Waals surface area contributed by atoms with Crippen LogP contribution >= 0.6 is 0 Å². The molecule has 15 heavy (non-hydrogen) atoms. The van der Waals surface area contributed by atoms with E-state index < -0.39 is 5.54 Å². The fraction of sp³-hybridized carbons (Fsp3) is 0.667. The van der Waals surface area contributed by atoms with Crippen molar-refractivity contribution in [3.8, 4) is 6.07 Å². The number of hydrogen-bond acceptors (Lipinski definition) is 6. The highest BCUT2D eigenvalue weighted by Crippen LogP contribution is 2.14. The van der Waals surface area contributed by atoms with E-state index in [1.54, 1.807) is 24.9 Å². The van der Waals surface area contributed by atoms with Crippen molar-refractivity contribution in [1.29, 1.82) is 5.26 Å². The Morgan fingerprint density at radius 2 is 1.93 bits per heavy atom. The third-order valence-electron chi connectivity index (χ3n) is 2.63. The Kier molecular flexibility index (Phi) is 4.74. The van der Waals surface area contributed by atoms with Crippen LogP contribution in [0.25, 0.3) is 0 Å². The van der Waals surface area contributed by atoms with Crippen LogP contribution in [0.4, 0.5) is 0 Å². The first-order chi connectivity index (χ1) is 6.89. The lowest BCUT2D eigenvalue weighted by atomic mass is 9.97. The summed E-state index contributed by atoms with van der Waals surface area (Å²) in [4.78, 5) is 1.75. The number of nitriles is 1. The van der Waals surface area contributed by atoms with Crippen LogP contribution in [0.15, 0.2) is 10.3 Å². The molecule has 2 N–H and O–H groups in total. The van der Waals surface area contributed by atoms with Gasteiger partial charge in [-0.15, -0.1) is 0 Å². The normalized spacial score (nSPS) is 14.1.